The van der Waals surface area contributed by atoms with Crippen molar-refractivity contribution in [3.8, 4) is 0 Å². The van der Waals surface area contributed by atoms with Gasteiger partial charge in [0.2, 0.25) is 0 Å². The van der Waals surface area contributed by atoms with Crippen LogP contribution in [0.25, 0.3) is 28.8 Å². The third-order valence-electron chi connectivity index (χ3n) is 5.93. The van der Waals surface area contributed by atoms with Crippen LogP contribution in [0.15, 0.2) is 91.1 Å². The van der Waals surface area contributed by atoms with Gasteiger partial charge >= 0.3 is 177 Å². The summed E-state index contributed by atoms with van der Waals surface area (Å²) in [6.07, 6.45) is 9.48. The van der Waals surface area contributed by atoms with E-state index >= 15 is 0 Å². The van der Waals surface area contributed by atoms with E-state index in [-0.39, 0.29) is 9.41 Å². The molecule has 146 valence electrons. The Morgan fingerprint density at radius 2 is 1.40 bits per heavy atom. The number of fused-ring (bicyclic) bond motifs is 3. The van der Waals surface area contributed by atoms with Crippen LogP contribution in [0.4, 0.5) is 0 Å². The van der Waals surface area contributed by atoms with Crippen LogP contribution >= 0.6 is 0 Å². The van der Waals surface area contributed by atoms with Crippen molar-refractivity contribution < 1.29 is 32.6 Å². The Labute approximate surface area is 186 Å². The minimum absolute atomic E-state index is 0. The van der Waals surface area contributed by atoms with E-state index in [1.165, 1.54) is 38.9 Å². The Bertz CT molecular complexity index is 1270. The van der Waals surface area contributed by atoms with Crippen molar-refractivity contribution in [2.24, 2.45) is 0 Å². The predicted octanol–water partition coefficient (Wildman–Crippen LogP) is 0.553. The summed E-state index contributed by atoms with van der Waals surface area (Å²) in [5, 5.41) is 1.31. The van der Waals surface area contributed by atoms with Gasteiger partial charge in [-0.1, -0.05) is 0 Å². The number of benzene rings is 3. The van der Waals surface area contributed by atoms with Crippen molar-refractivity contribution in [3.05, 3.63) is 113 Å². The summed E-state index contributed by atoms with van der Waals surface area (Å²) in [5.74, 6) is 0. The van der Waals surface area contributed by atoms with E-state index in [1.54, 1.807) is 0 Å². The number of hydrogen-bond acceptors (Lipinski definition) is 0. The Morgan fingerprint density at radius 3 is 2.27 bits per heavy atom. The van der Waals surface area contributed by atoms with Gasteiger partial charge in [0.05, 0.1) is 0 Å². The molecule has 0 N–H and O–H groups in total. The zero-order valence-corrected chi connectivity index (χ0v) is 18.6. The maximum Gasteiger partial charge on any atom is -1.00 e. The smallest absolute Gasteiger partial charge is 1.00 e. The quantitative estimate of drug-likeness (QED) is 0.409. The van der Waals surface area contributed by atoms with Crippen molar-refractivity contribution in [3.63, 3.8) is 0 Å². The molecule has 0 fully saturated rings. The summed E-state index contributed by atoms with van der Waals surface area (Å²) >= 11 is -0.816. The van der Waals surface area contributed by atoms with Crippen LogP contribution in [0, 0.1) is 0 Å². The van der Waals surface area contributed by atoms with Crippen LogP contribution in [0.3, 0.4) is 0 Å². The topological polar surface area (TPSA) is 4.93 Å². The molecule has 0 saturated heterocycles. The molecule has 3 aromatic carbocycles. The van der Waals surface area contributed by atoms with Gasteiger partial charge in [-0.15, -0.1) is 0 Å². The van der Waals surface area contributed by atoms with Crippen LogP contribution in [-0.4, -0.2) is 4.57 Å². The average Bonchev–Trinajstić information content (AvgIpc) is 3.44. The zero-order valence-electron chi connectivity index (χ0n) is 16.2. The predicted molar refractivity (Wildman–Crippen MR) is 114 cm³/mol. The maximum atomic E-state index is 2.46. The molecule has 0 amide bonds. The molecule has 6 rings (SSSR count). The zero-order chi connectivity index (χ0) is 18.5. The van der Waals surface area contributed by atoms with Gasteiger partial charge in [0.15, 0.2) is 0 Å². The molecule has 0 saturated carbocycles. The summed E-state index contributed by atoms with van der Waals surface area (Å²) in [7, 11) is 0. The fourth-order valence-corrected chi connectivity index (χ4v) is 9.11. The Kier molecular flexibility index (Phi) is 5.71. The molecule has 0 aliphatic heterocycles. The third-order valence-corrected chi connectivity index (χ3v) is 10.4. The van der Waals surface area contributed by atoms with Gasteiger partial charge in [-0.05, 0) is 0 Å². The monoisotopic (exact) mass is 473 g/mol. The first-order valence-corrected chi connectivity index (χ1v) is 12.6. The molecule has 1 aromatic heterocycles. The molecule has 4 heteroatoms. The van der Waals surface area contributed by atoms with Crippen LogP contribution in [0.5, 0.6) is 0 Å². The molecular weight excluding hydrogens is 456 g/mol. The van der Waals surface area contributed by atoms with Crippen molar-refractivity contribution in [1.82, 2.24) is 4.57 Å². The molecule has 2 atom stereocenters. The van der Waals surface area contributed by atoms with Crippen LogP contribution < -0.4 is 9.41 Å². The van der Waals surface area contributed by atoms with Gasteiger partial charge in [-0.25, -0.2) is 0 Å². The normalized spacial score (nSPS) is 18.1. The number of allylic oxidation sites excluding steroid dienone is 2. The molecule has 4 aromatic rings. The van der Waals surface area contributed by atoms with Gasteiger partial charge in [-0.2, -0.15) is 0 Å². The first kappa shape index (κ1) is 20.7. The molecule has 1 nitrogen and oxygen atoms in total. The minimum Gasteiger partial charge on any atom is -1.00 e. The summed E-state index contributed by atoms with van der Waals surface area (Å²) in [6.45, 7) is 0. The third kappa shape index (κ3) is 3.24. The number of nitrogens with zero attached hydrogens (tertiary/aromatic N) is 1. The van der Waals surface area contributed by atoms with Gasteiger partial charge < -0.3 is 9.41 Å². The molecular formula is C26H19F2NZr. The Hall–Kier alpha value is -2.58. The number of hydrogen-bond donors (Lipinski definition) is 0. The van der Waals surface area contributed by atoms with Gasteiger partial charge in [0.25, 0.3) is 0 Å². The van der Waals surface area contributed by atoms with E-state index in [4.69, 9.17) is 0 Å². The van der Waals surface area contributed by atoms with Crippen LogP contribution in [0.2, 0.25) is 0 Å². The summed E-state index contributed by atoms with van der Waals surface area (Å²) in [5.41, 5.74) is 8.66. The summed E-state index contributed by atoms with van der Waals surface area (Å²) in [6, 6.07) is 28.9. The van der Waals surface area contributed by atoms with Crippen LogP contribution in [-0.2, 0) is 23.2 Å². The van der Waals surface area contributed by atoms with E-state index in [2.05, 4.69) is 108 Å². The molecule has 0 bridgehead atoms. The van der Waals surface area contributed by atoms with E-state index in [0.29, 0.717) is 7.25 Å². The first-order chi connectivity index (χ1) is 13.9. The Balaban J connectivity index is 0.00000109. The second kappa shape index (κ2) is 8.28. The number of rotatable bonds is 3. The first-order valence-electron chi connectivity index (χ1n) is 9.79. The summed E-state index contributed by atoms with van der Waals surface area (Å²) in [4.78, 5) is 0. The number of halogens is 2. The molecule has 0 spiro atoms. The number of para-hydroxylation sites is 1. The SMILES string of the molecule is C1=C[CH]([Zr+2][CH]2C(n3ccc4ccccc43)=Cc3ccccc32)c2ccccc21.[F-].[F-]. The second-order valence-corrected chi connectivity index (χ2v) is 11.3. The molecule has 0 radical (unpaired) electrons. The fraction of sp³-hybridized carbons (Fsp3) is 0.0769. The molecule has 2 aliphatic carbocycles. The number of aromatic nitrogens is 1. The minimum atomic E-state index is -0.816. The van der Waals surface area contributed by atoms with Crippen LogP contribution in [0.1, 0.15) is 29.5 Å². The van der Waals surface area contributed by atoms with Crippen molar-refractivity contribution in [2.75, 3.05) is 0 Å². The van der Waals surface area contributed by atoms with Gasteiger partial charge in [0, 0.05) is 0 Å². The van der Waals surface area contributed by atoms with E-state index in [0.717, 1.165) is 0 Å². The summed E-state index contributed by atoms with van der Waals surface area (Å²) < 4.78 is 3.64. The van der Waals surface area contributed by atoms with Gasteiger partial charge in [-0.3, -0.25) is 0 Å². The molecule has 1 heterocycles. The van der Waals surface area contributed by atoms with Crippen molar-refractivity contribution in [1.29, 1.82) is 0 Å². The van der Waals surface area contributed by atoms with E-state index in [9.17, 15) is 0 Å². The fourth-order valence-electron chi connectivity index (χ4n) is 4.57. The molecule has 2 unspecified atom stereocenters. The maximum absolute atomic E-state index is 2.46. The van der Waals surface area contributed by atoms with Crippen molar-refractivity contribution >= 4 is 28.8 Å². The molecule has 2 aliphatic rings. The standard InChI is InChI=1S/C17H12N.C9H7.2FH.Zr/c1-2-7-15-12-16(11-14(15)6-1)18-10-9-13-5-3-4-8-17(13)18;1-2-5-9-7-3-6-8(9)4-1;;;/h1-12H;1-7H;2*1H;/q;;;;+2/p-2. The van der Waals surface area contributed by atoms with E-state index < -0.39 is 23.2 Å². The van der Waals surface area contributed by atoms with Crippen molar-refractivity contribution in [2.45, 2.75) is 7.25 Å². The molecule has 30 heavy (non-hydrogen) atoms. The average molecular weight is 475 g/mol. The van der Waals surface area contributed by atoms with E-state index in [1.807, 2.05) is 0 Å². The Morgan fingerprint density at radius 1 is 0.700 bits per heavy atom. The second-order valence-electron chi connectivity index (χ2n) is 7.51. The van der Waals surface area contributed by atoms with Gasteiger partial charge in [0.1, 0.15) is 0 Å². The largest absolute Gasteiger partial charge is 1.00 e.